The average molecular weight is 327 g/mol. The molecule has 2 rings (SSSR count). The summed E-state index contributed by atoms with van der Waals surface area (Å²) in [4.78, 5) is 14.5. The average Bonchev–Trinajstić information content (AvgIpc) is 2.53. The molecule has 0 atom stereocenters. The number of likely N-dealkylation sites (tertiary alicyclic amines) is 1. The lowest BCUT2D eigenvalue weighted by atomic mass is 10.1. The van der Waals surface area contributed by atoms with Gasteiger partial charge in [0.2, 0.25) is 0 Å². The van der Waals surface area contributed by atoms with E-state index >= 15 is 0 Å². The lowest BCUT2D eigenvalue weighted by Gasteiger charge is -2.29. The Balaban J connectivity index is 1.75. The van der Waals surface area contributed by atoms with Crippen LogP contribution >= 0.6 is 11.6 Å². The molecule has 1 aliphatic heterocycles. The van der Waals surface area contributed by atoms with Gasteiger partial charge in [-0.2, -0.15) is 0 Å². The van der Waals surface area contributed by atoms with E-state index in [1.807, 2.05) is 0 Å². The number of nitrogens with one attached hydrogen (secondary N) is 1. The SMILES string of the molecule is COc1ccc(Cl)cc1C(=O)NCCCN1CCC(O)CC1. The van der Waals surface area contributed by atoms with Crippen LogP contribution in [0.3, 0.4) is 0 Å². The molecule has 0 aliphatic carbocycles. The van der Waals surface area contributed by atoms with E-state index in [0.717, 1.165) is 38.9 Å². The third kappa shape index (κ3) is 4.87. The third-order valence-electron chi connectivity index (χ3n) is 3.90. The van der Waals surface area contributed by atoms with Crippen molar-refractivity contribution in [1.29, 1.82) is 0 Å². The largest absolute Gasteiger partial charge is 0.496 e. The summed E-state index contributed by atoms with van der Waals surface area (Å²) in [5.74, 6) is 0.348. The summed E-state index contributed by atoms with van der Waals surface area (Å²) in [7, 11) is 1.53. The number of hydrogen-bond acceptors (Lipinski definition) is 4. The zero-order valence-corrected chi connectivity index (χ0v) is 13.6. The van der Waals surface area contributed by atoms with E-state index in [-0.39, 0.29) is 12.0 Å². The highest BCUT2D eigenvalue weighted by Crippen LogP contribution is 2.22. The first-order valence-corrected chi connectivity index (χ1v) is 8.00. The quantitative estimate of drug-likeness (QED) is 0.784. The van der Waals surface area contributed by atoms with Crippen molar-refractivity contribution in [3.05, 3.63) is 28.8 Å². The zero-order chi connectivity index (χ0) is 15.9. The fourth-order valence-corrected chi connectivity index (χ4v) is 2.77. The van der Waals surface area contributed by atoms with Crippen LogP contribution in [0.1, 0.15) is 29.6 Å². The number of nitrogens with zero attached hydrogens (tertiary/aromatic N) is 1. The number of amides is 1. The highest BCUT2D eigenvalue weighted by atomic mass is 35.5. The van der Waals surface area contributed by atoms with Gasteiger partial charge in [-0.25, -0.2) is 0 Å². The summed E-state index contributed by atoms with van der Waals surface area (Å²) >= 11 is 5.93. The molecule has 0 unspecified atom stereocenters. The van der Waals surface area contributed by atoms with E-state index in [2.05, 4.69) is 10.2 Å². The summed E-state index contributed by atoms with van der Waals surface area (Å²) in [5.41, 5.74) is 0.455. The molecule has 0 spiro atoms. The van der Waals surface area contributed by atoms with Crippen molar-refractivity contribution in [2.45, 2.75) is 25.4 Å². The molecule has 1 saturated heterocycles. The fourth-order valence-electron chi connectivity index (χ4n) is 2.60. The van der Waals surface area contributed by atoms with Crippen LogP contribution in [0.25, 0.3) is 0 Å². The van der Waals surface area contributed by atoms with Crippen LogP contribution in [0, 0.1) is 0 Å². The number of carbonyl (C=O) groups excluding carboxylic acids is 1. The van der Waals surface area contributed by atoms with Crippen LogP contribution in [0.5, 0.6) is 5.75 Å². The second kappa shape index (κ2) is 8.36. The molecule has 0 aromatic heterocycles. The Kier molecular flexibility index (Phi) is 6.49. The first kappa shape index (κ1) is 17.1. The van der Waals surface area contributed by atoms with Crippen LogP contribution < -0.4 is 10.1 Å². The summed E-state index contributed by atoms with van der Waals surface area (Å²) in [5, 5.41) is 12.9. The van der Waals surface area contributed by atoms with Crippen molar-refractivity contribution >= 4 is 17.5 Å². The summed E-state index contributed by atoms with van der Waals surface area (Å²) in [6, 6.07) is 5.00. The van der Waals surface area contributed by atoms with Gasteiger partial charge >= 0.3 is 0 Å². The zero-order valence-electron chi connectivity index (χ0n) is 12.8. The molecule has 122 valence electrons. The molecular weight excluding hydrogens is 304 g/mol. The number of methoxy groups -OCH3 is 1. The smallest absolute Gasteiger partial charge is 0.255 e. The molecule has 1 aromatic rings. The van der Waals surface area contributed by atoms with Crippen LogP contribution in [0.4, 0.5) is 0 Å². The molecule has 1 aliphatic rings. The van der Waals surface area contributed by atoms with E-state index in [1.54, 1.807) is 18.2 Å². The minimum absolute atomic E-state index is 0.147. The Morgan fingerprint density at radius 3 is 2.86 bits per heavy atom. The molecule has 5 nitrogen and oxygen atoms in total. The molecule has 0 radical (unpaired) electrons. The summed E-state index contributed by atoms with van der Waals surface area (Å²) < 4.78 is 5.18. The van der Waals surface area contributed by atoms with Crippen LogP contribution in [-0.2, 0) is 0 Å². The van der Waals surface area contributed by atoms with Gasteiger partial charge in [0.1, 0.15) is 5.75 Å². The van der Waals surface area contributed by atoms with Gasteiger partial charge in [-0.15, -0.1) is 0 Å². The minimum Gasteiger partial charge on any atom is -0.496 e. The van der Waals surface area contributed by atoms with Crippen molar-refractivity contribution < 1.29 is 14.6 Å². The summed E-state index contributed by atoms with van der Waals surface area (Å²) in [6.45, 7) is 3.39. The fraction of sp³-hybridized carbons (Fsp3) is 0.562. The molecule has 1 aromatic carbocycles. The maximum Gasteiger partial charge on any atom is 0.255 e. The number of carbonyl (C=O) groups is 1. The number of halogens is 1. The van der Waals surface area contributed by atoms with Crippen molar-refractivity contribution in [3.63, 3.8) is 0 Å². The van der Waals surface area contributed by atoms with Crippen molar-refractivity contribution in [3.8, 4) is 5.75 Å². The van der Waals surface area contributed by atoms with E-state index in [4.69, 9.17) is 16.3 Å². The lowest BCUT2D eigenvalue weighted by molar-refractivity contribution is 0.0816. The molecule has 0 saturated carbocycles. The van der Waals surface area contributed by atoms with E-state index in [9.17, 15) is 9.90 Å². The van der Waals surface area contributed by atoms with Gasteiger partial charge in [0, 0.05) is 24.7 Å². The second-order valence-corrected chi connectivity index (χ2v) is 5.96. The van der Waals surface area contributed by atoms with E-state index in [0.29, 0.717) is 22.9 Å². The molecule has 22 heavy (non-hydrogen) atoms. The number of rotatable bonds is 6. The van der Waals surface area contributed by atoms with Crippen molar-refractivity contribution in [2.75, 3.05) is 33.3 Å². The van der Waals surface area contributed by atoms with E-state index in [1.165, 1.54) is 7.11 Å². The molecule has 0 bridgehead atoms. The summed E-state index contributed by atoms with van der Waals surface area (Å²) in [6.07, 6.45) is 2.41. The third-order valence-corrected chi connectivity index (χ3v) is 4.14. The van der Waals surface area contributed by atoms with Gasteiger partial charge in [0.15, 0.2) is 0 Å². The Morgan fingerprint density at radius 2 is 2.18 bits per heavy atom. The Labute approximate surface area is 136 Å². The van der Waals surface area contributed by atoms with Crippen molar-refractivity contribution in [2.24, 2.45) is 0 Å². The number of benzene rings is 1. The molecule has 1 fully saturated rings. The highest BCUT2D eigenvalue weighted by Gasteiger charge is 2.16. The molecule has 1 heterocycles. The maximum atomic E-state index is 12.2. The van der Waals surface area contributed by atoms with Gasteiger partial charge in [-0.3, -0.25) is 4.79 Å². The number of hydrogen-bond donors (Lipinski definition) is 2. The molecule has 6 heteroatoms. The minimum atomic E-state index is -0.173. The van der Waals surface area contributed by atoms with Crippen LogP contribution in [0.15, 0.2) is 18.2 Å². The first-order valence-electron chi connectivity index (χ1n) is 7.62. The number of ether oxygens (including phenoxy) is 1. The number of aliphatic hydroxyl groups is 1. The van der Waals surface area contributed by atoms with Crippen LogP contribution in [-0.4, -0.2) is 55.3 Å². The topological polar surface area (TPSA) is 61.8 Å². The molecule has 2 N–H and O–H groups in total. The van der Waals surface area contributed by atoms with Gasteiger partial charge in [-0.05, 0) is 44.0 Å². The van der Waals surface area contributed by atoms with Crippen molar-refractivity contribution in [1.82, 2.24) is 10.2 Å². The van der Waals surface area contributed by atoms with Gasteiger partial charge in [0.25, 0.3) is 5.91 Å². The first-order chi connectivity index (χ1) is 10.6. The van der Waals surface area contributed by atoms with Gasteiger partial charge in [-0.1, -0.05) is 11.6 Å². The van der Waals surface area contributed by atoms with Gasteiger partial charge in [0.05, 0.1) is 18.8 Å². The maximum absolute atomic E-state index is 12.2. The number of aliphatic hydroxyl groups excluding tert-OH is 1. The van der Waals surface area contributed by atoms with Gasteiger partial charge < -0.3 is 20.1 Å². The molecular formula is C16H23ClN2O3. The van der Waals surface area contributed by atoms with Crippen LogP contribution in [0.2, 0.25) is 5.02 Å². The predicted octanol–water partition coefficient (Wildman–Crippen LogP) is 1.93. The Bertz CT molecular complexity index is 502. The normalized spacial score (nSPS) is 16.5. The van der Waals surface area contributed by atoms with E-state index < -0.39 is 0 Å². The molecule has 1 amide bonds. The lowest BCUT2D eigenvalue weighted by Crippen LogP contribution is -2.37. The number of piperidine rings is 1. The predicted molar refractivity (Wildman–Crippen MR) is 86.6 cm³/mol. The second-order valence-electron chi connectivity index (χ2n) is 5.53. The Hall–Kier alpha value is -1.30. The standard InChI is InChI=1S/C16H23ClN2O3/c1-22-15-4-3-12(17)11-14(15)16(21)18-7-2-8-19-9-5-13(20)6-10-19/h3-4,11,13,20H,2,5-10H2,1H3,(H,18,21). The monoisotopic (exact) mass is 326 g/mol. The highest BCUT2D eigenvalue weighted by molar-refractivity contribution is 6.31. The Morgan fingerprint density at radius 1 is 1.45 bits per heavy atom.